The number of ether oxygens (including phenoxy) is 1. The van der Waals surface area contributed by atoms with E-state index < -0.39 is 0 Å². The normalized spacial score (nSPS) is 9.38. The van der Waals surface area contributed by atoms with Crippen molar-refractivity contribution < 1.29 is 9.53 Å². The Hall–Kier alpha value is -1.29. The first kappa shape index (κ1) is 9.80. The molecule has 0 fully saturated rings. The number of rotatable bonds is 3. The maximum Gasteiger partial charge on any atom is 0.325 e. The number of hydrogen-bond donors (Lipinski definition) is 1. The fourth-order valence-electron chi connectivity index (χ4n) is 0.736. The summed E-state index contributed by atoms with van der Waals surface area (Å²) >= 11 is 5.70. The van der Waals surface area contributed by atoms with Gasteiger partial charge in [-0.05, 0) is 12.1 Å². The molecule has 5 heteroatoms. The fourth-order valence-corrected chi connectivity index (χ4v) is 0.896. The number of esters is 1. The van der Waals surface area contributed by atoms with Gasteiger partial charge in [0.15, 0.2) is 0 Å². The van der Waals surface area contributed by atoms with E-state index in [0.29, 0.717) is 10.8 Å². The van der Waals surface area contributed by atoms with Crippen LogP contribution in [0.15, 0.2) is 18.3 Å². The van der Waals surface area contributed by atoms with Crippen LogP contribution in [0.4, 0.5) is 5.82 Å². The minimum absolute atomic E-state index is 0.0871. The number of carbonyl (C=O) groups excluding carboxylic acids is 1. The first-order chi connectivity index (χ1) is 6.22. The molecule has 0 aromatic carbocycles. The average Bonchev–Trinajstić information content (AvgIpc) is 2.14. The molecule has 0 amide bonds. The minimum Gasteiger partial charge on any atom is -0.468 e. The van der Waals surface area contributed by atoms with Gasteiger partial charge in [0.25, 0.3) is 0 Å². The zero-order valence-electron chi connectivity index (χ0n) is 7.08. The minimum atomic E-state index is -0.346. The highest BCUT2D eigenvalue weighted by molar-refractivity contribution is 6.30. The third-order valence-corrected chi connectivity index (χ3v) is 1.60. The Kier molecular flexibility index (Phi) is 3.52. The van der Waals surface area contributed by atoms with Gasteiger partial charge in [0.1, 0.15) is 12.4 Å². The van der Waals surface area contributed by atoms with Gasteiger partial charge in [0.2, 0.25) is 0 Å². The van der Waals surface area contributed by atoms with Crippen LogP contribution in [-0.4, -0.2) is 24.6 Å². The number of aromatic nitrogens is 1. The molecule has 1 aromatic heterocycles. The SMILES string of the molecule is COC(=O)CNc1cc(Cl)ccn1. The molecule has 1 rings (SSSR count). The van der Waals surface area contributed by atoms with Crippen molar-refractivity contribution in [3.8, 4) is 0 Å². The van der Waals surface area contributed by atoms with Gasteiger partial charge < -0.3 is 10.1 Å². The molecular formula is C8H9ClN2O2. The summed E-state index contributed by atoms with van der Waals surface area (Å²) in [5.74, 6) is 0.208. The second-order valence-corrected chi connectivity index (χ2v) is 2.73. The van der Waals surface area contributed by atoms with Crippen LogP contribution < -0.4 is 5.32 Å². The molecule has 0 saturated carbocycles. The Labute approximate surface area is 80.9 Å². The predicted octanol–water partition coefficient (Wildman–Crippen LogP) is 1.32. The van der Waals surface area contributed by atoms with E-state index in [0.717, 1.165) is 0 Å². The third-order valence-electron chi connectivity index (χ3n) is 1.36. The van der Waals surface area contributed by atoms with Gasteiger partial charge in [-0.3, -0.25) is 4.79 Å². The number of nitrogens with zero attached hydrogens (tertiary/aromatic N) is 1. The first-order valence-corrected chi connectivity index (χ1v) is 4.02. The van der Waals surface area contributed by atoms with Gasteiger partial charge >= 0.3 is 5.97 Å². The number of nitrogens with one attached hydrogen (secondary N) is 1. The quantitative estimate of drug-likeness (QED) is 0.748. The van der Waals surface area contributed by atoms with Crippen LogP contribution in [0.5, 0.6) is 0 Å². The van der Waals surface area contributed by atoms with Gasteiger partial charge in [0.05, 0.1) is 7.11 Å². The monoisotopic (exact) mass is 200 g/mol. The zero-order chi connectivity index (χ0) is 9.68. The molecule has 0 saturated heterocycles. The van der Waals surface area contributed by atoms with Crippen molar-refractivity contribution in [1.29, 1.82) is 0 Å². The van der Waals surface area contributed by atoms with Crippen molar-refractivity contribution in [2.45, 2.75) is 0 Å². The standard InChI is InChI=1S/C8H9ClN2O2/c1-13-8(12)5-11-7-4-6(9)2-3-10-7/h2-4H,5H2,1H3,(H,10,11). The molecule has 0 radical (unpaired) electrons. The molecule has 1 aromatic rings. The van der Waals surface area contributed by atoms with Gasteiger partial charge in [-0.2, -0.15) is 0 Å². The van der Waals surface area contributed by atoms with E-state index in [1.54, 1.807) is 18.3 Å². The van der Waals surface area contributed by atoms with Crippen LogP contribution in [0.2, 0.25) is 5.02 Å². The number of carbonyl (C=O) groups is 1. The highest BCUT2D eigenvalue weighted by atomic mass is 35.5. The molecule has 0 aliphatic heterocycles. The van der Waals surface area contributed by atoms with E-state index in [9.17, 15) is 4.79 Å². The lowest BCUT2D eigenvalue weighted by Gasteiger charge is -2.03. The Bertz CT molecular complexity index is 304. The highest BCUT2D eigenvalue weighted by Crippen LogP contribution is 2.11. The zero-order valence-corrected chi connectivity index (χ0v) is 7.84. The summed E-state index contributed by atoms with van der Waals surface area (Å²) < 4.78 is 4.44. The molecule has 0 aliphatic carbocycles. The number of halogens is 1. The molecule has 13 heavy (non-hydrogen) atoms. The van der Waals surface area contributed by atoms with E-state index >= 15 is 0 Å². The molecule has 1 N–H and O–H groups in total. The molecule has 0 aliphatic rings. The lowest BCUT2D eigenvalue weighted by Crippen LogP contribution is -2.15. The maximum atomic E-state index is 10.7. The van der Waals surface area contributed by atoms with E-state index in [2.05, 4.69) is 15.0 Å². The molecule has 1 heterocycles. The highest BCUT2D eigenvalue weighted by Gasteiger charge is 2.00. The lowest BCUT2D eigenvalue weighted by atomic mass is 10.4. The summed E-state index contributed by atoms with van der Waals surface area (Å²) in [6.07, 6.45) is 1.56. The molecule has 70 valence electrons. The van der Waals surface area contributed by atoms with Crippen LogP contribution in [-0.2, 0) is 9.53 Å². The largest absolute Gasteiger partial charge is 0.468 e. The maximum absolute atomic E-state index is 10.7. The number of hydrogen-bond acceptors (Lipinski definition) is 4. The Morgan fingerprint density at radius 3 is 3.15 bits per heavy atom. The van der Waals surface area contributed by atoms with Crippen LogP contribution >= 0.6 is 11.6 Å². The predicted molar refractivity (Wildman–Crippen MR) is 49.8 cm³/mol. The molecule has 0 bridgehead atoms. The van der Waals surface area contributed by atoms with Crippen LogP contribution in [0.1, 0.15) is 0 Å². The molecular weight excluding hydrogens is 192 g/mol. The summed E-state index contributed by atoms with van der Waals surface area (Å²) in [6, 6.07) is 3.29. The third kappa shape index (κ3) is 3.29. The second kappa shape index (κ2) is 4.67. The van der Waals surface area contributed by atoms with Crippen molar-refractivity contribution in [2.24, 2.45) is 0 Å². The second-order valence-electron chi connectivity index (χ2n) is 2.29. The first-order valence-electron chi connectivity index (χ1n) is 3.64. The molecule has 0 unspecified atom stereocenters. The Balaban J connectivity index is 2.50. The molecule has 4 nitrogen and oxygen atoms in total. The van der Waals surface area contributed by atoms with Crippen LogP contribution in [0.25, 0.3) is 0 Å². The number of anilines is 1. The molecule has 0 atom stereocenters. The van der Waals surface area contributed by atoms with E-state index in [1.807, 2.05) is 0 Å². The van der Waals surface area contributed by atoms with Crippen LogP contribution in [0, 0.1) is 0 Å². The summed E-state index contributed by atoms with van der Waals surface area (Å²) in [5.41, 5.74) is 0. The average molecular weight is 201 g/mol. The van der Waals surface area contributed by atoms with Gasteiger partial charge in [-0.15, -0.1) is 0 Å². The van der Waals surface area contributed by atoms with Crippen molar-refractivity contribution in [3.05, 3.63) is 23.4 Å². The summed E-state index contributed by atoms with van der Waals surface area (Å²) in [6.45, 7) is 0.0871. The number of pyridine rings is 1. The van der Waals surface area contributed by atoms with Crippen molar-refractivity contribution in [2.75, 3.05) is 19.0 Å². The van der Waals surface area contributed by atoms with E-state index in [1.165, 1.54) is 7.11 Å². The van der Waals surface area contributed by atoms with Crippen molar-refractivity contribution in [3.63, 3.8) is 0 Å². The van der Waals surface area contributed by atoms with E-state index in [-0.39, 0.29) is 12.5 Å². The van der Waals surface area contributed by atoms with Gasteiger partial charge in [-0.25, -0.2) is 4.98 Å². The number of methoxy groups -OCH3 is 1. The summed E-state index contributed by atoms with van der Waals surface area (Å²) in [5, 5.41) is 3.34. The topological polar surface area (TPSA) is 51.2 Å². The summed E-state index contributed by atoms with van der Waals surface area (Å²) in [7, 11) is 1.33. The van der Waals surface area contributed by atoms with Crippen molar-refractivity contribution >= 4 is 23.4 Å². The summed E-state index contributed by atoms with van der Waals surface area (Å²) in [4.78, 5) is 14.7. The fraction of sp³-hybridized carbons (Fsp3) is 0.250. The van der Waals surface area contributed by atoms with Gasteiger partial charge in [0, 0.05) is 11.2 Å². The van der Waals surface area contributed by atoms with Crippen molar-refractivity contribution in [1.82, 2.24) is 4.98 Å². The van der Waals surface area contributed by atoms with Crippen LogP contribution in [0.3, 0.4) is 0 Å². The van der Waals surface area contributed by atoms with E-state index in [4.69, 9.17) is 11.6 Å². The smallest absolute Gasteiger partial charge is 0.325 e. The Morgan fingerprint density at radius 2 is 2.54 bits per heavy atom. The molecule has 0 spiro atoms. The Morgan fingerprint density at radius 1 is 1.77 bits per heavy atom. The van der Waals surface area contributed by atoms with Gasteiger partial charge in [-0.1, -0.05) is 11.6 Å². The lowest BCUT2D eigenvalue weighted by molar-refractivity contribution is -0.138.